The van der Waals surface area contributed by atoms with Gasteiger partial charge in [0.1, 0.15) is 11.4 Å². The van der Waals surface area contributed by atoms with Gasteiger partial charge in [0, 0.05) is 31.6 Å². The molecule has 2 aromatic rings. The Morgan fingerprint density at radius 3 is 2.88 bits per heavy atom. The summed E-state index contributed by atoms with van der Waals surface area (Å²) in [4.78, 5) is 38.5. The van der Waals surface area contributed by atoms with Crippen molar-refractivity contribution >= 4 is 46.2 Å². The van der Waals surface area contributed by atoms with Gasteiger partial charge in [0.15, 0.2) is 5.13 Å². The minimum Gasteiger partial charge on any atom is -0.388 e. The van der Waals surface area contributed by atoms with E-state index in [1.165, 1.54) is 11.4 Å². The minimum absolute atomic E-state index is 0.00756. The first-order valence-electron chi connectivity index (χ1n) is 7.15. The Bertz CT molecular complexity index is 811. The van der Waals surface area contributed by atoms with Gasteiger partial charge >= 0.3 is 0 Å². The zero-order valence-electron chi connectivity index (χ0n) is 13.3. The Balaban J connectivity index is 2.00. The highest BCUT2D eigenvalue weighted by molar-refractivity contribution is 7.14. The van der Waals surface area contributed by atoms with Gasteiger partial charge in [0.05, 0.1) is 11.5 Å². The first kappa shape index (κ1) is 18.1. The van der Waals surface area contributed by atoms with E-state index in [1.54, 1.807) is 17.8 Å². The molecule has 0 spiro atoms. The number of nitrogens with one attached hydrogen (secondary N) is 4. The van der Waals surface area contributed by atoms with Crippen molar-refractivity contribution in [3.8, 4) is 0 Å². The van der Waals surface area contributed by atoms with Crippen molar-refractivity contribution in [2.24, 2.45) is 12.8 Å². The van der Waals surface area contributed by atoms with Crippen LogP contribution in [0.1, 0.15) is 27.4 Å². The molecule has 10 nitrogen and oxygen atoms in total. The van der Waals surface area contributed by atoms with Crippen LogP contribution in [0, 0.1) is 5.41 Å². The fraction of sp³-hybridized carbons (Fsp3) is 0.214. The lowest BCUT2D eigenvalue weighted by atomic mass is 10.3. The predicted octanol–water partition coefficient (Wildman–Crippen LogP) is 0.358. The van der Waals surface area contributed by atoms with Gasteiger partial charge in [-0.25, -0.2) is 4.98 Å². The molecule has 2 heterocycles. The van der Waals surface area contributed by atoms with Crippen molar-refractivity contribution in [2.75, 3.05) is 17.2 Å². The summed E-state index contributed by atoms with van der Waals surface area (Å²) in [5.41, 5.74) is 6.17. The molecule has 0 fully saturated rings. The molecular formula is C14H17N7O3S. The molecule has 132 valence electrons. The van der Waals surface area contributed by atoms with Crippen LogP contribution in [0.5, 0.6) is 0 Å². The Hall–Kier alpha value is -3.21. The van der Waals surface area contributed by atoms with Crippen molar-refractivity contribution in [1.82, 2.24) is 14.9 Å². The second-order valence-electron chi connectivity index (χ2n) is 5.01. The van der Waals surface area contributed by atoms with Gasteiger partial charge in [-0.1, -0.05) is 0 Å². The molecule has 0 saturated heterocycles. The molecular weight excluding hydrogens is 346 g/mol. The lowest BCUT2D eigenvalue weighted by Gasteiger charge is -2.04. The summed E-state index contributed by atoms with van der Waals surface area (Å²) in [6.45, 7) is 0.256. The van der Waals surface area contributed by atoms with E-state index in [9.17, 15) is 14.4 Å². The number of amidine groups is 1. The minimum atomic E-state index is -0.454. The summed E-state index contributed by atoms with van der Waals surface area (Å²) in [5.74, 6) is -0.799. The molecule has 0 bridgehead atoms. The maximum absolute atomic E-state index is 12.1. The van der Waals surface area contributed by atoms with Crippen LogP contribution in [-0.2, 0) is 11.8 Å². The number of hydrogen-bond donors (Lipinski definition) is 5. The smallest absolute Gasteiger partial charge is 0.275 e. The van der Waals surface area contributed by atoms with Gasteiger partial charge < -0.3 is 26.3 Å². The quantitative estimate of drug-likeness (QED) is 0.260. The maximum atomic E-state index is 12.1. The number of nitrogens with zero attached hydrogens (tertiary/aromatic N) is 2. The molecule has 0 saturated carbocycles. The molecule has 0 aliphatic carbocycles. The molecule has 3 amide bonds. The number of rotatable bonds is 8. The van der Waals surface area contributed by atoms with E-state index in [4.69, 9.17) is 11.1 Å². The topological polar surface area (TPSA) is 155 Å². The molecule has 6 N–H and O–H groups in total. The van der Waals surface area contributed by atoms with Gasteiger partial charge in [0.25, 0.3) is 11.8 Å². The largest absolute Gasteiger partial charge is 0.388 e. The van der Waals surface area contributed by atoms with E-state index < -0.39 is 5.91 Å². The van der Waals surface area contributed by atoms with Crippen LogP contribution in [0.4, 0.5) is 10.8 Å². The van der Waals surface area contributed by atoms with Crippen molar-refractivity contribution < 1.29 is 14.4 Å². The fourth-order valence-corrected chi connectivity index (χ4v) is 2.60. The first-order chi connectivity index (χ1) is 11.9. The van der Waals surface area contributed by atoms with E-state index in [0.29, 0.717) is 22.9 Å². The van der Waals surface area contributed by atoms with Crippen LogP contribution in [0.25, 0.3) is 0 Å². The summed E-state index contributed by atoms with van der Waals surface area (Å²) in [6, 6.07) is 1.53. The number of aryl methyl sites for hydroxylation is 1. The van der Waals surface area contributed by atoms with Crippen LogP contribution in [0.3, 0.4) is 0 Å². The fourth-order valence-electron chi connectivity index (χ4n) is 1.95. The summed E-state index contributed by atoms with van der Waals surface area (Å²) in [7, 11) is 1.67. The Morgan fingerprint density at radius 1 is 1.44 bits per heavy atom. The second-order valence-corrected chi connectivity index (χ2v) is 5.87. The van der Waals surface area contributed by atoms with Crippen LogP contribution in [0.15, 0.2) is 17.6 Å². The molecule has 0 unspecified atom stereocenters. The van der Waals surface area contributed by atoms with Gasteiger partial charge in [-0.2, -0.15) is 0 Å². The number of aromatic nitrogens is 2. The van der Waals surface area contributed by atoms with Crippen molar-refractivity contribution in [3.05, 3.63) is 29.0 Å². The van der Waals surface area contributed by atoms with Crippen molar-refractivity contribution in [3.63, 3.8) is 0 Å². The SMILES string of the molecule is Cn1cc(NC(=O)c2csc(NC=O)n2)cc1C(=O)NCCC(=N)N. The van der Waals surface area contributed by atoms with E-state index in [-0.39, 0.29) is 30.4 Å². The number of thiazole rings is 1. The summed E-state index contributed by atoms with van der Waals surface area (Å²) >= 11 is 1.13. The zero-order chi connectivity index (χ0) is 18.4. The van der Waals surface area contributed by atoms with E-state index in [1.807, 2.05) is 0 Å². The first-order valence-corrected chi connectivity index (χ1v) is 8.03. The van der Waals surface area contributed by atoms with E-state index in [2.05, 4.69) is 20.9 Å². The number of carbonyl (C=O) groups excluding carboxylic acids is 3. The number of amides is 3. The lowest BCUT2D eigenvalue weighted by molar-refractivity contribution is -0.105. The predicted molar refractivity (Wildman–Crippen MR) is 94.0 cm³/mol. The third-order valence-electron chi connectivity index (χ3n) is 3.09. The molecule has 25 heavy (non-hydrogen) atoms. The number of carbonyl (C=O) groups is 3. The van der Waals surface area contributed by atoms with Gasteiger partial charge in [-0.15, -0.1) is 11.3 Å². The zero-order valence-corrected chi connectivity index (χ0v) is 14.1. The molecule has 0 radical (unpaired) electrons. The third kappa shape index (κ3) is 4.88. The molecule has 11 heteroatoms. The summed E-state index contributed by atoms with van der Waals surface area (Å²) in [6.07, 6.45) is 2.34. The highest BCUT2D eigenvalue weighted by Gasteiger charge is 2.15. The van der Waals surface area contributed by atoms with Gasteiger partial charge in [-0.3, -0.25) is 19.8 Å². The summed E-state index contributed by atoms with van der Waals surface area (Å²) in [5, 5.41) is 16.6. The molecule has 0 aliphatic heterocycles. The number of nitrogens with two attached hydrogens (primary N) is 1. The number of anilines is 2. The molecule has 0 aliphatic rings. The van der Waals surface area contributed by atoms with Crippen molar-refractivity contribution in [1.29, 1.82) is 5.41 Å². The lowest BCUT2D eigenvalue weighted by Crippen LogP contribution is -2.28. The average Bonchev–Trinajstić information content (AvgIpc) is 3.14. The van der Waals surface area contributed by atoms with Crippen LogP contribution in [0.2, 0.25) is 0 Å². The Labute approximate surface area is 146 Å². The van der Waals surface area contributed by atoms with E-state index in [0.717, 1.165) is 11.3 Å². The maximum Gasteiger partial charge on any atom is 0.275 e. The Kier molecular flexibility index (Phi) is 5.84. The van der Waals surface area contributed by atoms with Crippen LogP contribution in [-0.4, -0.2) is 40.2 Å². The standard InChI is InChI=1S/C14H17N7O3S/c1-21-5-8(4-10(21)13(24)17-3-2-11(15)16)19-12(23)9-6-25-14(20-9)18-7-22/h4-7H,2-3H2,1H3,(H3,15,16)(H,17,24)(H,19,23)(H,18,20,22). The molecule has 0 atom stereocenters. The summed E-state index contributed by atoms with van der Waals surface area (Å²) < 4.78 is 1.57. The van der Waals surface area contributed by atoms with Gasteiger partial charge in [0.2, 0.25) is 6.41 Å². The average molecular weight is 363 g/mol. The van der Waals surface area contributed by atoms with Crippen molar-refractivity contribution in [2.45, 2.75) is 6.42 Å². The normalized spacial score (nSPS) is 10.1. The highest BCUT2D eigenvalue weighted by Crippen LogP contribution is 2.17. The molecule has 0 aromatic carbocycles. The highest BCUT2D eigenvalue weighted by atomic mass is 32.1. The molecule has 2 aromatic heterocycles. The van der Waals surface area contributed by atoms with Crippen LogP contribution < -0.4 is 21.7 Å². The van der Waals surface area contributed by atoms with Crippen LogP contribution >= 0.6 is 11.3 Å². The third-order valence-corrected chi connectivity index (χ3v) is 3.87. The second kappa shape index (κ2) is 8.06. The van der Waals surface area contributed by atoms with E-state index >= 15 is 0 Å². The monoisotopic (exact) mass is 363 g/mol. The van der Waals surface area contributed by atoms with Gasteiger partial charge in [-0.05, 0) is 6.07 Å². The molecule has 2 rings (SSSR count). The number of hydrogen-bond acceptors (Lipinski definition) is 6. The Morgan fingerprint density at radius 2 is 2.20 bits per heavy atom.